The average molecular weight is 291 g/mol. The fourth-order valence-electron chi connectivity index (χ4n) is 1.68. The van der Waals surface area contributed by atoms with Crippen molar-refractivity contribution in [3.05, 3.63) is 65.7 Å². The van der Waals surface area contributed by atoms with Crippen molar-refractivity contribution in [2.75, 3.05) is 0 Å². The van der Waals surface area contributed by atoms with Crippen LogP contribution in [0.15, 0.2) is 69.8 Å². The molecule has 0 saturated heterocycles. The van der Waals surface area contributed by atoms with E-state index in [-0.39, 0.29) is 5.54 Å². The molecule has 0 saturated carbocycles. The Kier molecular flexibility index (Phi) is 5.03. The summed E-state index contributed by atoms with van der Waals surface area (Å²) in [7, 11) is 0. The van der Waals surface area contributed by atoms with Crippen molar-refractivity contribution >= 4 is 17.3 Å². The summed E-state index contributed by atoms with van der Waals surface area (Å²) in [6, 6.07) is 17.8. The highest BCUT2D eigenvalue weighted by Gasteiger charge is 2.06. The molecule has 3 heteroatoms. The zero-order valence-corrected chi connectivity index (χ0v) is 13.5. The minimum absolute atomic E-state index is 0.196. The second-order valence-corrected chi connectivity index (χ2v) is 6.14. The van der Waals surface area contributed by atoms with Crippen molar-refractivity contribution in [3.8, 4) is 0 Å². The lowest BCUT2D eigenvalue weighted by Gasteiger charge is -2.08. The zero-order chi connectivity index (χ0) is 16.0. The topological polar surface area (TPSA) is 37.1 Å². The van der Waals surface area contributed by atoms with Crippen LogP contribution >= 0.6 is 0 Å². The Labute approximate surface area is 132 Å². The average Bonchev–Trinajstić information content (AvgIpc) is 2.48. The Morgan fingerprint density at radius 2 is 1.55 bits per heavy atom. The second kappa shape index (κ2) is 6.97. The Bertz CT molecular complexity index is 699. The van der Waals surface area contributed by atoms with E-state index < -0.39 is 0 Å². The molecule has 2 aromatic carbocycles. The minimum Gasteiger partial charge on any atom is -0.235 e. The van der Waals surface area contributed by atoms with Crippen molar-refractivity contribution < 1.29 is 0 Å². The predicted molar refractivity (Wildman–Crippen MR) is 92.7 cm³/mol. The molecule has 3 nitrogen and oxygen atoms in total. The summed E-state index contributed by atoms with van der Waals surface area (Å²) in [5, 5.41) is 8.61. The van der Waals surface area contributed by atoms with Gasteiger partial charge in [0, 0.05) is 11.4 Å². The Hall–Kier alpha value is -2.51. The number of benzene rings is 2. The SMILES string of the molecule is Cc1ccc(C(=C=NC(C)(C)C)N=Nc2ccccc2)cc1. The zero-order valence-electron chi connectivity index (χ0n) is 13.5. The lowest BCUT2D eigenvalue weighted by Crippen LogP contribution is -2.08. The Balaban J connectivity index is 2.40. The molecule has 0 radical (unpaired) electrons. The van der Waals surface area contributed by atoms with E-state index in [0.717, 1.165) is 11.3 Å². The van der Waals surface area contributed by atoms with Crippen LogP contribution in [0.4, 0.5) is 5.69 Å². The third kappa shape index (κ3) is 5.12. The number of rotatable bonds is 3. The molecule has 112 valence electrons. The first kappa shape index (κ1) is 15.9. The summed E-state index contributed by atoms with van der Waals surface area (Å²) >= 11 is 0. The maximum atomic E-state index is 4.43. The maximum Gasteiger partial charge on any atom is 0.153 e. The minimum atomic E-state index is -0.196. The van der Waals surface area contributed by atoms with Gasteiger partial charge < -0.3 is 0 Å². The lowest BCUT2D eigenvalue weighted by atomic mass is 10.1. The first-order valence-electron chi connectivity index (χ1n) is 7.33. The molecule has 2 rings (SSSR count). The highest BCUT2D eigenvalue weighted by atomic mass is 15.1. The molecule has 0 aliphatic rings. The third-order valence-electron chi connectivity index (χ3n) is 2.84. The van der Waals surface area contributed by atoms with E-state index in [1.165, 1.54) is 5.56 Å². The number of nitrogens with zero attached hydrogens (tertiary/aromatic N) is 3. The van der Waals surface area contributed by atoms with Gasteiger partial charge in [-0.25, -0.2) is 4.99 Å². The summed E-state index contributed by atoms with van der Waals surface area (Å²) in [5.41, 5.74) is 3.41. The first-order valence-corrected chi connectivity index (χ1v) is 7.33. The van der Waals surface area contributed by atoms with Crippen LogP contribution < -0.4 is 0 Å². The van der Waals surface area contributed by atoms with Gasteiger partial charge in [0.2, 0.25) is 0 Å². The largest absolute Gasteiger partial charge is 0.235 e. The molecule has 0 aromatic heterocycles. The van der Waals surface area contributed by atoms with Gasteiger partial charge >= 0.3 is 0 Å². The van der Waals surface area contributed by atoms with Gasteiger partial charge in [-0.3, -0.25) is 0 Å². The first-order chi connectivity index (χ1) is 10.4. The number of aryl methyl sites for hydroxylation is 1. The quantitative estimate of drug-likeness (QED) is 0.522. The van der Waals surface area contributed by atoms with Gasteiger partial charge in [-0.15, -0.1) is 10.2 Å². The number of hydrogen-bond acceptors (Lipinski definition) is 3. The van der Waals surface area contributed by atoms with E-state index in [1.54, 1.807) is 0 Å². The van der Waals surface area contributed by atoms with Crippen molar-refractivity contribution in [2.45, 2.75) is 33.2 Å². The highest BCUT2D eigenvalue weighted by molar-refractivity contribution is 5.89. The van der Waals surface area contributed by atoms with E-state index in [9.17, 15) is 0 Å². The van der Waals surface area contributed by atoms with Gasteiger partial charge in [0.25, 0.3) is 0 Å². The summed E-state index contributed by atoms with van der Waals surface area (Å²) in [4.78, 5) is 4.43. The normalized spacial score (nSPS) is 11.3. The molecule has 2 aromatic rings. The molecular formula is C19H21N3. The van der Waals surface area contributed by atoms with Crippen LogP contribution in [-0.2, 0) is 0 Å². The molecule has 0 spiro atoms. The smallest absolute Gasteiger partial charge is 0.153 e. The van der Waals surface area contributed by atoms with E-state index >= 15 is 0 Å². The van der Waals surface area contributed by atoms with Crippen molar-refractivity contribution in [3.63, 3.8) is 0 Å². The Morgan fingerprint density at radius 1 is 0.909 bits per heavy atom. The van der Waals surface area contributed by atoms with Gasteiger partial charge in [0.1, 0.15) is 0 Å². The second-order valence-electron chi connectivity index (χ2n) is 6.14. The fourth-order valence-corrected chi connectivity index (χ4v) is 1.68. The van der Waals surface area contributed by atoms with Gasteiger partial charge in [-0.1, -0.05) is 48.0 Å². The highest BCUT2D eigenvalue weighted by Crippen LogP contribution is 2.19. The number of azo groups is 1. The van der Waals surface area contributed by atoms with Crippen molar-refractivity contribution in [1.82, 2.24) is 0 Å². The van der Waals surface area contributed by atoms with Crippen LogP contribution in [0.3, 0.4) is 0 Å². The molecule has 0 N–H and O–H groups in total. The summed E-state index contributed by atoms with van der Waals surface area (Å²) in [6.07, 6.45) is 0. The van der Waals surface area contributed by atoms with E-state index in [4.69, 9.17) is 0 Å². The van der Waals surface area contributed by atoms with Gasteiger partial charge in [-0.2, -0.15) is 0 Å². The maximum absolute atomic E-state index is 4.43. The van der Waals surface area contributed by atoms with Gasteiger partial charge in [-0.05, 0) is 39.8 Å². The molecule has 22 heavy (non-hydrogen) atoms. The van der Waals surface area contributed by atoms with Crippen LogP contribution in [0.2, 0.25) is 0 Å². The number of aliphatic imine (C=N–C) groups is 1. The standard InChI is InChI=1S/C19H21N3/c1-15-10-12-16(13-11-15)18(14-20-19(2,3)4)22-21-17-8-6-5-7-9-17/h5-13H,1-4H3. The molecule has 0 aliphatic carbocycles. The van der Waals surface area contributed by atoms with Crippen molar-refractivity contribution in [2.24, 2.45) is 15.2 Å². The Morgan fingerprint density at radius 3 is 2.14 bits per heavy atom. The molecule has 0 atom stereocenters. The molecule has 0 heterocycles. The van der Waals surface area contributed by atoms with E-state index in [0.29, 0.717) is 5.70 Å². The van der Waals surface area contributed by atoms with Crippen LogP contribution in [0.25, 0.3) is 5.70 Å². The van der Waals surface area contributed by atoms with Crippen LogP contribution in [0.1, 0.15) is 31.9 Å². The van der Waals surface area contributed by atoms with Gasteiger partial charge in [0.15, 0.2) is 5.70 Å². The fraction of sp³-hybridized carbons (Fsp3) is 0.263. The van der Waals surface area contributed by atoms with Gasteiger partial charge in [0.05, 0.1) is 11.2 Å². The lowest BCUT2D eigenvalue weighted by molar-refractivity contribution is 0.588. The summed E-state index contributed by atoms with van der Waals surface area (Å²) in [5.74, 6) is 3.05. The van der Waals surface area contributed by atoms with Crippen LogP contribution in [-0.4, -0.2) is 11.4 Å². The molecule has 0 amide bonds. The molecule has 0 bridgehead atoms. The molecular weight excluding hydrogens is 270 g/mol. The van der Waals surface area contributed by atoms with Crippen LogP contribution in [0.5, 0.6) is 0 Å². The summed E-state index contributed by atoms with van der Waals surface area (Å²) < 4.78 is 0. The third-order valence-corrected chi connectivity index (χ3v) is 2.84. The molecule has 0 fully saturated rings. The van der Waals surface area contributed by atoms with Crippen molar-refractivity contribution in [1.29, 1.82) is 0 Å². The van der Waals surface area contributed by atoms with Crippen LogP contribution in [0, 0.1) is 6.92 Å². The molecule has 0 unspecified atom stereocenters. The summed E-state index contributed by atoms with van der Waals surface area (Å²) in [6.45, 7) is 8.14. The monoisotopic (exact) mass is 291 g/mol. The predicted octanol–water partition coefficient (Wildman–Crippen LogP) is 5.59. The van der Waals surface area contributed by atoms with E-state index in [2.05, 4.69) is 28.0 Å². The van der Waals surface area contributed by atoms with E-state index in [1.807, 2.05) is 75.4 Å². The molecule has 0 aliphatic heterocycles. The number of hydrogen-bond donors (Lipinski definition) is 0.